The average Bonchev–Trinajstić information content (AvgIpc) is 2.47. The van der Waals surface area contributed by atoms with E-state index < -0.39 is 12.4 Å². The Morgan fingerprint density at radius 3 is 2.85 bits per heavy atom. The number of benzene rings is 1. The largest absolute Gasteiger partial charge is 0.390 e. The second kappa shape index (κ2) is 6.20. The molecule has 1 aromatic carbocycles. The van der Waals surface area contributed by atoms with E-state index in [2.05, 4.69) is 0 Å². The van der Waals surface area contributed by atoms with Gasteiger partial charge in [-0.15, -0.1) is 0 Å². The standard InChI is InChI=1S/C15H20O5/c1-10-17-9-13-15(19-10)12(16)7-14(20-13)18-8-11-5-3-2-4-6-11/h2-6,10,12-16H,7-9H2,1H3/t10?,12-,13+,14-,15-/m0/s1. The minimum atomic E-state index is -0.583. The first-order chi connectivity index (χ1) is 9.72. The van der Waals surface area contributed by atoms with Gasteiger partial charge in [0.05, 0.1) is 19.3 Å². The number of ether oxygens (including phenoxy) is 4. The van der Waals surface area contributed by atoms with Gasteiger partial charge in [0.2, 0.25) is 0 Å². The zero-order chi connectivity index (χ0) is 13.9. The third-order valence-corrected chi connectivity index (χ3v) is 3.63. The molecular formula is C15H20O5. The van der Waals surface area contributed by atoms with E-state index in [0.717, 1.165) is 5.56 Å². The van der Waals surface area contributed by atoms with Crippen molar-refractivity contribution in [3.05, 3.63) is 35.9 Å². The molecule has 3 rings (SSSR count). The number of aliphatic hydroxyl groups is 1. The molecule has 2 heterocycles. The summed E-state index contributed by atoms with van der Waals surface area (Å²) in [6.07, 6.45) is -1.48. The van der Waals surface area contributed by atoms with E-state index in [1.165, 1.54) is 0 Å². The summed E-state index contributed by atoms with van der Waals surface area (Å²) < 4.78 is 22.5. The van der Waals surface area contributed by atoms with E-state index in [1.807, 2.05) is 37.3 Å². The van der Waals surface area contributed by atoms with Gasteiger partial charge in [0, 0.05) is 6.42 Å². The summed E-state index contributed by atoms with van der Waals surface area (Å²) >= 11 is 0. The smallest absolute Gasteiger partial charge is 0.161 e. The lowest BCUT2D eigenvalue weighted by atomic mass is 10.0. The quantitative estimate of drug-likeness (QED) is 0.908. The second-order valence-corrected chi connectivity index (χ2v) is 5.21. The Labute approximate surface area is 118 Å². The predicted octanol–water partition coefficient (Wildman–Crippen LogP) is 1.44. The molecule has 5 heteroatoms. The Morgan fingerprint density at radius 2 is 2.05 bits per heavy atom. The maximum absolute atomic E-state index is 10.1. The van der Waals surface area contributed by atoms with E-state index in [4.69, 9.17) is 18.9 Å². The Bertz CT molecular complexity index is 424. The van der Waals surface area contributed by atoms with Crippen LogP contribution in [0.5, 0.6) is 0 Å². The maximum atomic E-state index is 10.1. The third kappa shape index (κ3) is 3.19. The molecule has 5 nitrogen and oxygen atoms in total. The monoisotopic (exact) mass is 280 g/mol. The lowest BCUT2D eigenvalue weighted by Crippen LogP contribution is -2.56. The first kappa shape index (κ1) is 14.0. The van der Waals surface area contributed by atoms with Crippen LogP contribution in [0.25, 0.3) is 0 Å². The van der Waals surface area contributed by atoms with Crippen molar-refractivity contribution in [2.75, 3.05) is 6.61 Å². The Balaban J connectivity index is 1.55. The highest BCUT2D eigenvalue weighted by atomic mass is 16.7. The van der Waals surface area contributed by atoms with Gasteiger partial charge in [-0.25, -0.2) is 0 Å². The first-order valence-electron chi connectivity index (χ1n) is 6.98. The van der Waals surface area contributed by atoms with Gasteiger partial charge in [-0.1, -0.05) is 30.3 Å². The molecule has 0 aromatic heterocycles. The van der Waals surface area contributed by atoms with Crippen molar-refractivity contribution in [1.82, 2.24) is 0 Å². The molecule has 110 valence electrons. The van der Waals surface area contributed by atoms with Gasteiger partial charge in [-0.3, -0.25) is 0 Å². The molecule has 1 unspecified atom stereocenters. The Hall–Kier alpha value is -0.980. The van der Waals surface area contributed by atoms with Crippen LogP contribution in [0.15, 0.2) is 30.3 Å². The molecular weight excluding hydrogens is 260 g/mol. The topological polar surface area (TPSA) is 57.2 Å². The van der Waals surface area contributed by atoms with Gasteiger partial charge in [0.1, 0.15) is 12.2 Å². The van der Waals surface area contributed by atoms with Crippen molar-refractivity contribution in [3.63, 3.8) is 0 Å². The molecule has 0 spiro atoms. The minimum absolute atomic E-state index is 0.268. The van der Waals surface area contributed by atoms with Crippen molar-refractivity contribution in [3.8, 4) is 0 Å². The molecule has 1 N–H and O–H groups in total. The zero-order valence-corrected chi connectivity index (χ0v) is 11.5. The van der Waals surface area contributed by atoms with Crippen LogP contribution in [0.3, 0.4) is 0 Å². The van der Waals surface area contributed by atoms with E-state index in [0.29, 0.717) is 19.6 Å². The van der Waals surface area contributed by atoms with E-state index in [9.17, 15) is 5.11 Å². The molecule has 2 aliphatic rings. The van der Waals surface area contributed by atoms with Gasteiger partial charge >= 0.3 is 0 Å². The molecule has 0 aliphatic carbocycles. The minimum Gasteiger partial charge on any atom is -0.390 e. The van der Waals surface area contributed by atoms with Crippen LogP contribution in [0, 0.1) is 0 Å². The van der Waals surface area contributed by atoms with Crippen molar-refractivity contribution in [2.24, 2.45) is 0 Å². The summed E-state index contributed by atoms with van der Waals surface area (Å²) in [4.78, 5) is 0. The van der Waals surface area contributed by atoms with Gasteiger partial charge in [-0.05, 0) is 12.5 Å². The van der Waals surface area contributed by atoms with E-state index in [-0.39, 0.29) is 18.5 Å². The normalized spacial score (nSPS) is 37.4. The number of hydrogen-bond donors (Lipinski definition) is 1. The highest BCUT2D eigenvalue weighted by Crippen LogP contribution is 2.28. The highest BCUT2D eigenvalue weighted by molar-refractivity contribution is 5.13. The van der Waals surface area contributed by atoms with Gasteiger partial charge < -0.3 is 24.1 Å². The van der Waals surface area contributed by atoms with Crippen LogP contribution in [0.2, 0.25) is 0 Å². The summed E-state index contributed by atoms with van der Waals surface area (Å²) in [6, 6.07) is 9.89. The summed E-state index contributed by atoms with van der Waals surface area (Å²) in [6.45, 7) is 2.71. The number of rotatable bonds is 3. The molecule has 2 saturated heterocycles. The predicted molar refractivity (Wildman–Crippen MR) is 70.8 cm³/mol. The lowest BCUT2D eigenvalue weighted by molar-refractivity contribution is -0.332. The molecule has 0 saturated carbocycles. The third-order valence-electron chi connectivity index (χ3n) is 3.63. The van der Waals surface area contributed by atoms with Crippen LogP contribution in [0.4, 0.5) is 0 Å². The van der Waals surface area contributed by atoms with Crippen molar-refractivity contribution >= 4 is 0 Å². The fourth-order valence-corrected chi connectivity index (χ4v) is 2.58. The highest BCUT2D eigenvalue weighted by Gasteiger charge is 2.42. The summed E-state index contributed by atoms with van der Waals surface area (Å²) in [5.74, 6) is 0. The number of aliphatic hydroxyl groups excluding tert-OH is 1. The summed E-state index contributed by atoms with van der Waals surface area (Å²) in [5.41, 5.74) is 1.08. The van der Waals surface area contributed by atoms with Crippen LogP contribution >= 0.6 is 0 Å². The molecule has 20 heavy (non-hydrogen) atoms. The fourth-order valence-electron chi connectivity index (χ4n) is 2.58. The first-order valence-corrected chi connectivity index (χ1v) is 6.98. The van der Waals surface area contributed by atoms with Crippen molar-refractivity contribution in [1.29, 1.82) is 0 Å². The molecule has 1 aromatic rings. The molecule has 5 atom stereocenters. The molecule has 0 amide bonds. The lowest BCUT2D eigenvalue weighted by Gasteiger charge is -2.43. The van der Waals surface area contributed by atoms with Gasteiger partial charge in [0.25, 0.3) is 0 Å². The van der Waals surface area contributed by atoms with Gasteiger partial charge in [-0.2, -0.15) is 0 Å². The Morgan fingerprint density at radius 1 is 1.25 bits per heavy atom. The Kier molecular flexibility index (Phi) is 4.33. The van der Waals surface area contributed by atoms with E-state index >= 15 is 0 Å². The van der Waals surface area contributed by atoms with Crippen LogP contribution in [-0.4, -0.2) is 42.6 Å². The second-order valence-electron chi connectivity index (χ2n) is 5.21. The zero-order valence-electron chi connectivity index (χ0n) is 11.5. The summed E-state index contributed by atoms with van der Waals surface area (Å²) in [7, 11) is 0. The average molecular weight is 280 g/mol. The van der Waals surface area contributed by atoms with Crippen LogP contribution < -0.4 is 0 Å². The molecule has 0 bridgehead atoms. The number of hydrogen-bond acceptors (Lipinski definition) is 5. The summed E-state index contributed by atoms with van der Waals surface area (Å²) in [5, 5.41) is 10.1. The fraction of sp³-hybridized carbons (Fsp3) is 0.600. The van der Waals surface area contributed by atoms with Gasteiger partial charge in [0.15, 0.2) is 12.6 Å². The van der Waals surface area contributed by atoms with Crippen molar-refractivity contribution < 1.29 is 24.1 Å². The van der Waals surface area contributed by atoms with Crippen LogP contribution in [0.1, 0.15) is 18.9 Å². The number of fused-ring (bicyclic) bond motifs is 1. The molecule has 0 radical (unpaired) electrons. The molecule has 2 fully saturated rings. The maximum Gasteiger partial charge on any atom is 0.161 e. The van der Waals surface area contributed by atoms with Crippen LogP contribution in [-0.2, 0) is 25.6 Å². The molecule has 2 aliphatic heterocycles. The van der Waals surface area contributed by atoms with E-state index in [1.54, 1.807) is 0 Å². The van der Waals surface area contributed by atoms with Crippen molar-refractivity contribution in [2.45, 2.75) is 50.8 Å². The SMILES string of the molecule is CC1OC[C@H]2O[C@H](OCc3ccccc3)C[C@H](O)[C@@H]2O1.